The van der Waals surface area contributed by atoms with Gasteiger partial charge in [-0.1, -0.05) is 24.6 Å². The molecule has 0 amide bonds. The van der Waals surface area contributed by atoms with Crippen LogP contribution in [0.1, 0.15) is 98.0 Å². The number of hydrogen-bond donors (Lipinski definition) is 0. The maximum atomic E-state index is 13.3. The summed E-state index contributed by atoms with van der Waals surface area (Å²) in [6.07, 6.45) is 7.01. The summed E-state index contributed by atoms with van der Waals surface area (Å²) in [6, 6.07) is 8.33. The first-order valence-electron chi connectivity index (χ1n) is 15.4. The summed E-state index contributed by atoms with van der Waals surface area (Å²) in [4.78, 5) is 52.4. The number of carbonyl (C=O) groups excluding carboxylic acids is 4. The van der Waals surface area contributed by atoms with Gasteiger partial charge in [0, 0.05) is 37.4 Å². The first-order chi connectivity index (χ1) is 19.6. The van der Waals surface area contributed by atoms with Crippen LogP contribution in [-0.4, -0.2) is 48.3 Å². The molecule has 7 heteroatoms. The Morgan fingerprint density at radius 2 is 1.71 bits per heavy atom. The lowest BCUT2D eigenvalue weighted by atomic mass is 9.50. The SMILES string of the molecule is CC(=O)O[C@]1(C(C)=O)CC[C@H]2[C@@H]3CCC4=CC(=O)CCC4=C3[C@@H](c3ccc(N(C)CC(=O)OC(C)(C)C)cc3)C[C@@]21C. The number of hydrogen-bond acceptors (Lipinski definition) is 7. The first kappa shape index (κ1) is 30.2. The number of ketones is 2. The summed E-state index contributed by atoms with van der Waals surface area (Å²) < 4.78 is 11.5. The topological polar surface area (TPSA) is 90.0 Å². The van der Waals surface area contributed by atoms with E-state index in [0.29, 0.717) is 19.3 Å². The maximum Gasteiger partial charge on any atom is 0.326 e. The van der Waals surface area contributed by atoms with Gasteiger partial charge < -0.3 is 14.4 Å². The number of anilines is 1. The molecule has 5 atom stereocenters. The Bertz CT molecular complexity index is 1360. The fourth-order valence-electron chi connectivity index (χ4n) is 8.63. The van der Waals surface area contributed by atoms with Gasteiger partial charge >= 0.3 is 11.9 Å². The van der Waals surface area contributed by atoms with Gasteiger partial charge in [0.15, 0.2) is 17.2 Å². The minimum Gasteiger partial charge on any atom is -0.459 e. The van der Waals surface area contributed by atoms with Crippen LogP contribution < -0.4 is 4.90 Å². The van der Waals surface area contributed by atoms with E-state index in [9.17, 15) is 19.2 Å². The molecule has 7 nitrogen and oxygen atoms in total. The molecule has 0 saturated heterocycles. The van der Waals surface area contributed by atoms with Crippen LogP contribution in [0.2, 0.25) is 0 Å². The van der Waals surface area contributed by atoms with Gasteiger partial charge in [-0.25, -0.2) is 0 Å². The van der Waals surface area contributed by atoms with Gasteiger partial charge in [0.05, 0.1) is 0 Å². The van der Waals surface area contributed by atoms with Gasteiger partial charge in [-0.3, -0.25) is 19.2 Å². The van der Waals surface area contributed by atoms with Crippen molar-refractivity contribution in [2.24, 2.45) is 17.3 Å². The number of nitrogens with zero attached hydrogens (tertiary/aromatic N) is 1. The third-order valence-corrected chi connectivity index (χ3v) is 10.3. The predicted octanol–water partition coefficient (Wildman–Crippen LogP) is 6.25. The smallest absolute Gasteiger partial charge is 0.326 e. The normalized spacial score (nSPS) is 30.5. The Morgan fingerprint density at radius 3 is 2.33 bits per heavy atom. The van der Waals surface area contributed by atoms with Crippen molar-refractivity contribution in [3.63, 3.8) is 0 Å². The molecule has 2 fully saturated rings. The Kier molecular flexibility index (Phi) is 7.78. The van der Waals surface area contributed by atoms with Gasteiger partial charge in [-0.2, -0.15) is 0 Å². The number of ether oxygens (including phenoxy) is 2. The highest BCUT2D eigenvalue weighted by molar-refractivity contribution is 5.93. The van der Waals surface area contributed by atoms with Gasteiger partial charge in [0.1, 0.15) is 12.1 Å². The fourth-order valence-corrected chi connectivity index (χ4v) is 8.63. The summed E-state index contributed by atoms with van der Waals surface area (Å²) in [6.45, 7) is 10.9. The molecule has 0 spiro atoms. The monoisotopic (exact) mass is 575 g/mol. The van der Waals surface area contributed by atoms with Crippen LogP contribution in [0.3, 0.4) is 0 Å². The van der Waals surface area contributed by atoms with E-state index in [-0.39, 0.29) is 41.8 Å². The van der Waals surface area contributed by atoms with E-state index in [2.05, 4.69) is 19.1 Å². The van der Waals surface area contributed by atoms with E-state index in [0.717, 1.165) is 36.9 Å². The van der Waals surface area contributed by atoms with Gasteiger partial charge in [-0.05, 0) is 113 Å². The molecule has 1 aromatic carbocycles. The Labute approximate surface area is 249 Å². The standard InChI is InChI=1S/C35H45NO6/c1-21(37)35(41-22(2)38)17-16-30-28-14-10-24-18-26(39)13-15-27(24)32(28)29(19-34(30,35)6)23-8-11-25(12-9-23)36(7)20-31(40)42-33(3,4)5/h8-9,11-12,18,28-30H,10,13-17,19-20H2,1-7H3/t28-,29+,30-,34-,35-/m0/s1. The number of benzene rings is 1. The number of likely N-dealkylation sites (N-methyl/N-ethyl adjacent to an activating group) is 1. The molecule has 0 N–H and O–H groups in total. The van der Waals surface area contributed by atoms with Crippen molar-refractivity contribution in [2.75, 3.05) is 18.5 Å². The van der Waals surface area contributed by atoms with E-state index in [4.69, 9.17) is 9.47 Å². The van der Waals surface area contributed by atoms with Crippen LogP contribution in [-0.2, 0) is 28.7 Å². The van der Waals surface area contributed by atoms with E-state index in [1.165, 1.54) is 23.6 Å². The average molecular weight is 576 g/mol. The number of esters is 2. The van der Waals surface area contributed by atoms with Crippen molar-refractivity contribution in [2.45, 2.75) is 104 Å². The molecule has 0 bridgehead atoms. The zero-order chi connectivity index (χ0) is 30.6. The maximum absolute atomic E-state index is 13.3. The van der Waals surface area contributed by atoms with E-state index < -0.39 is 22.6 Å². The van der Waals surface area contributed by atoms with Crippen molar-refractivity contribution in [3.8, 4) is 0 Å². The Morgan fingerprint density at radius 1 is 1.02 bits per heavy atom. The molecule has 1 aromatic rings. The highest BCUT2D eigenvalue weighted by Gasteiger charge is 2.67. The van der Waals surface area contributed by atoms with Crippen molar-refractivity contribution in [3.05, 3.63) is 52.6 Å². The summed E-state index contributed by atoms with van der Waals surface area (Å²) in [5.41, 5.74) is 3.78. The number of Topliss-reactive ketones (excluding diaryl/α,β-unsaturated/α-hetero) is 1. The highest BCUT2D eigenvalue weighted by atomic mass is 16.6. The first-order valence-corrected chi connectivity index (χ1v) is 15.4. The van der Waals surface area contributed by atoms with Crippen LogP contribution in [0.15, 0.2) is 47.1 Å². The van der Waals surface area contributed by atoms with Crippen molar-refractivity contribution in [1.82, 2.24) is 0 Å². The zero-order valence-corrected chi connectivity index (χ0v) is 26.2. The number of carbonyl (C=O) groups is 4. The lowest BCUT2D eigenvalue weighted by Gasteiger charge is -2.55. The molecule has 0 aromatic heterocycles. The third kappa shape index (κ3) is 5.24. The van der Waals surface area contributed by atoms with Crippen molar-refractivity contribution >= 4 is 29.2 Å². The van der Waals surface area contributed by atoms with Crippen LogP contribution in [0.4, 0.5) is 5.69 Å². The number of rotatable bonds is 6. The molecule has 42 heavy (non-hydrogen) atoms. The predicted molar refractivity (Wildman–Crippen MR) is 161 cm³/mol. The largest absolute Gasteiger partial charge is 0.459 e. The number of fused-ring (bicyclic) bond motifs is 4. The van der Waals surface area contributed by atoms with Gasteiger partial charge in [-0.15, -0.1) is 0 Å². The second-order valence-electron chi connectivity index (χ2n) is 14.0. The Balaban J connectivity index is 1.55. The molecule has 0 heterocycles. The summed E-state index contributed by atoms with van der Waals surface area (Å²) in [5.74, 6) is -0.0512. The molecule has 0 aliphatic heterocycles. The highest BCUT2D eigenvalue weighted by Crippen LogP contribution is 2.67. The van der Waals surface area contributed by atoms with Gasteiger partial charge in [0.25, 0.3) is 0 Å². The summed E-state index contributed by atoms with van der Waals surface area (Å²) >= 11 is 0. The average Bonchev–Trinajstić information content (AvgIpc) is 3.19. The second kappa shape index (κ2) is 10.8. The van der Waals surface area contributed by atoms with E-state index >= 15 is 0 Å². The zero-order valence-electron chi connectivity index (χ0n) is 26.2. The second-order valence-corrected chi connectivity index (χ2v) is 14.0. The van der Waals surface area contributed by atoms with Crippen LogP contribution >= 0.6 is 0 Å². The molecule has 0 unspecified atom stereocenters. The summed E-state index contributed by atoms with van der Waals surface area (Å²) in [5, 5.41) is 0. The minimum atomic E-state index is -1.13. The summed E-state index contributed by atoms with van der Waals surface area (Å²) in [7, 11) is 1.88. The van der Waals surface area contributed by atoms with E-state index in [1.54, 1.807) is 6.92 Å². The van der Waals surface area contributed by atoms with Crippen molar-refractivity contribution in [1.29, 1.82) is 0 Å². The van der Waals surface area contributed by atoms with Gasteiger partial charge in [0.2, 0.25) is 0 Å². The minimum absolute atomic E-state index is 0.0285. The molecule has 5 rings (SSSR count). The fraction of sp³-hybridized carbons (Fsp3) is 0.600. The molecule has 4 aliphatic rings. The Hall–Kier alpha value is -3.22. The van der Waals surface area contributed by atoms with Crippen LogP contribution in [0.25, 0.3) is 0 Å². The molecular weight excluding hydrogens is 530 g/mol. The molecule has 0 radical (unpaired) electrons. The van der Waals surface area contributed by atoms with Crippen molar-refractivity contribution < 1.29 is 28.7 Å². The molecular formula is C35H45NO6. The lowest BCUT2D eigenvalue weighted by Crippen LogP contribution is -2.57. The number of allylic oxidation sites excluding steroid dienone is 4. The van der Waals surface area contributed by atoms with Crippen LogP contribution in [0, 0.1) is 17.3 Å². The van der Waals surface area contributed by atoms with Crippen LogP contribution in [0.5, 0.6) is 0 Å². The molecule has 226 valence electrons. The lowest BCUT2D eigenvalue weighted by molar-refractivity contribution is -0.182. The van der Waals surface area contributed by atoms with E-state index in [1.807, 2.05) is 50.9 Å². The molecule has 4 aliphatic carbocycles. The quantitative estimate of drug-likeness (QED) is 0.370. The third-order valence-electron chi connectivity index (χ3n) is 10.3. The molecule has 2 saturated carbocycles.